The van der Waals surface area contributed by atoms with Crippen LogP contribution in [-0.4, -0.2) is 22.6 Å². The summed E-state index contributed by atoms with van der Waals surface area (Å²) in [5.74, 6) is -0.858. The van der Waals surface area contributed by atoms with Gasteiger partial charge < -0.3 is 10.3 Å². The van der Waals surface area contributed by atoms with E-state index in [0.29, 0.717) is 10.6 Å². The summed E-state index contributed by atoms with van der Waals surface area (Å²) < 4.78 is 1.74. The van der Waals surface area contributed by atoms with Gasteiger partial charge in [-0.25, -0.2) is 5.43 Å². The summed E-state index contributed by atoms with van der Waals surface area (Å²) in [5, 5.41) is 5.53. The minimum Gasteiger partial charge on any atom is -0.368 e. The Morgan fingerprint density at radius 2 is 1.92 bits per heavy atom. The Labute approximate surface area is 159 Å². The minimum absolute atomic E-state index is 0.0595. The van der Waals surface area contributed by atoms with Crippen molar-refractivity contribution in [2.75, 3.05) is 0 Å². The van der Waals surface area contributed by atoms with E-state index in [2.05, 4.69) is 10.5 Å². The maximum absolute atomic E-state index is 12.1. The van der Waals surface area contributed by atoms with Crippen molar-refractivity contribution >= 4 is 52.1 Å². The van der Waals surface area contributed by atoms with Gasteiger partial charge in [-0.1, -0.05) is 41.4 Å². The maximum atomic E-state index is 12.1. The van der Waals surface area contributed by atoms with Crippen LogP contribution in [0.5, 0.6) is 0 Å². The zero-order chi connectivity index (χ0) is 18.7. The fraction of sp³-hybridized carbons (Fsp3) is 0.0556. The van der Waals surface area contributed by atoms with Crippen molar-refractivity contribution in [3.8, 4) is 0 Å². The first kappa shape index (κ1) is 18.0. The highest BCUT2D eigenvalue weighted by molar-refractivity contribution is 6.42. The van der Waals surface area contributed by atoms with E-state index in [1.165, 1.54) is 12.3 Å². The lowest BCUT2D eigenvalue weighted by molar-refractivity contribution is -0.118. The van der Waals surface area contributed by atoms with Crippen LogP contribution in [0.2, 0.25) is 10.0 Å². The number of carbonyl (C=O) groups is 2. The zero-order valence-electron chi connectivity index (χ0n) is 13.4. The van der Waals surface area contributed by atoms with Crippen LogP contribution in [0.1, 0.15) is 15.9 Å². The Morgan fingerprint density at radius 3 is 2.65 bits per heavy atom. The molecule has 0 unspecified atom stereocenters. The van der Waals surface area contributed by atoms with Crippen LogP contribution in [0, 0.1) is 0 Å². The lowest BCUT2D eigenvalue weighted by Gasteiger charge is -2.01. The third-order valence-electron chi connectivity index (χ3n) is 3.70. The molecule has 26 heavy (non-hydrogen) atoms. The van der Waals surface area contributed by atoms with Gasteiger partial charge in [0.25, 0.3) is 5.91 Å². The molecule has 0 saturated carbocycles. The number of nitrogens with two attached hydrogens (primary N) is 1. The summed E-state index contributed by atoms with van der Waals surface area (Å²) in [6.07, 6.45) is 3.26. The van der Waals surface area contributed by atoms with Crippen molar-refractivity contribution in [3.63, 3.8) is 0 Å². The molecule has 0 atom stereocenters. The first-order valence-corrected chi connectivity index (χ1v) is 8.36. The summed E-state index contributed by atoms with van der Waals surface area (Å²) in [6.45, 7) is 0.0595. The van der Waals surface area contributed by atoms with Crippen molar-refractivity contribution in [1.82, 2.24) is 9.99 Å². The number of nitrogens with one attached hydrogen (secondary N) is 1. The number of carbonyl (C=O) groups excluding carboxylic acids is 2. The van der Waals surface area contributed by atoms with Crippen molar-refractivity contribution in [3.05, 3.63) is 69.8 Å². The molecular formula is C18H14Cl2N4O2. The highest BCUT2D eigenvalue weighted by atomic mass is 35.5. The van der Waals surface area contributed by atoms with Gasteiger partial charge in [0.15, 0.2) is 0 Å². The van der Waals surface area contributed by atoms with Crippen LogP contribution < -0.4 is 11.2 Å². The number of rotatable bonds is 5. The third-order valence-corrected chi connectivity index (χ3v) is 4.44. The van der Waals surface area contributed by atoms with Crippen LogP contribution in [-0.2, 0) is 11.3 Å². The number of halogens is 2. The lowest BCUT2D eigenvalue weighted by atomic mass is 10.2. The standard InChI is InChI=1S/C18H14Cl2N4O2/c19-14-6-5-11(7-15(14)20)18(26)23-22-8-12-9-24(10-17(21)25)16-4-2-1-3-13(12)16/h1-9H,10H2,(H2,21,25)(H,23,26)/b22-8+. The van der Waals surface area contributed by atoms with Gasteiger partial charge in [-0.2, -0.15) is 5.10 Å². The Kier molecular flexibility index (Phi) is 5.25. The van der Waals surface area contributed by atoms with Gasteiger partial charge in [-0.05, 0) is 24.3 Å². The molecule has 1 aromatic heterocycles. The summed E-state index contributed by atoms with van der Waals surface area (Å²) >= 11 is 11.7. The van der Waals surface area contributed by atoms with Crippen LogP contribution >= 0.6 is 23.2 Å². The maximum Gasteiger partial charge on any atom is 0.271 e. The van der Waals surface area contributed by atoms with Gasteiger partial charge in [-0.3, -0.25) is 9.59 Å². The second-order valence-corrected chi connectivity index (χ2v) is 6.34. The fourth-order valence-corrected chi connectivity index (χ4v) is 2.84. The first-order chi connectivity index (χ1) is 12.5. The average Bonchev–Trinajstić information content (AvgIpc) is 2.94. The minimum atomic E-state index is -0.442. The molecule has 0 radical (unpaired) electrons. The predicted octanol–water partition coefficient (Wildman–Crippen LogP) is 3.20. The second-order valence-electron chi connectivity index (χ2n) is 5.52. The molecule has 8 heteroatoms. The molecule has 3 N–H and O–H groups in total. The molecule has 2 amide bonds. The van der Waals surface area contributed by atoms with Crippen molar-refractivity contribution in [2.45, 2.75) is 6.54 Å². The Balaban J connectivity index is 1.81. The number of amides is 2. The summed E-state index contributed by atoms with van der Waals surface area (Å²) in [7, 11) is 0. The quantitative estimate of drug-likeness (QED) is 0.518. The SMILES string of the molecule is NC(=O)Cn1cc(/C=N/NC(=O)c2ccc(Cl)c(Cl)c2)c2ccccc21. The highest BCUT2D eigenvalue weighted by Crippen LogP contribution is 2.22. The third kappa shape index (κ3) is 3.87. The van der Waals surface area contributed by atoms with Crippen LogP contribution in [0.25, 0.3) is 10.9 Å². The molecule has 2 aromatic carbocycles. The number of para-hydroxylation sites is 1. The van der Waals surface area contributed by atoms with E-state index < -0.39 is 11.8 Å². The molecule has 0 saturated heterocycles. The Hall–Kier alpha value is -2.83. The summed E-state index contributed by atoms with van der Waals surface area (Å²) in [4.78, 5) is 23.3. The number of primary amides is 1. The smallest absolute Gasteiger partial charge is 0.271 e. The Morgan fingerprint density at radius 1 is 1.15 bits per heavy atom. The Bertz CT molecular complexity index is 1030. The molecule has 3 rings (SSSR count). The van der Waals surface area contributed by atoms with Crippen molar-refractivity contribution in [2.24, 2.45) is 10.8 Å². The molecule has 3 aromatic rings. The number of hydrazone groups is 1. The fourth-order valence-electron chi connectivity index (χ4n) is 2.54. The van der Waals surface area contributed by atoms with Gasteiger partial charge >= 0.3 is 0 Å². The van der Waals surface area contributed by atoms with Gasteiger partial charge in [0.2, 0.25) is 5.91 Å². The van der Waals surface area contributed by atoms with E-state index in [1.54, 1.807) is 22.9 Å². The number of nitrogens with zero attached hydrogens (tertiary/aromatic N) is 2. The van der Waals surface area contributed by atoms with Gasteiger partial charge in [0.1, 0.15) is 6.54 Å². The van der Waals surface area contributed by atoms with Crippen molar-refractivity contribution in [1.29, 1.82) is 0 Å². The lowest BCUT2D eigenvalue weighted by Crippen LogP contribution is -2.18. The predicted molar refractivity (Wildman–Crippen MR) is 103 cm³/mol. The molecule has 1 heterocycles. The van der Waals surface area contributed by atoms with E-state index in [0.717, 1.165) is 16.5 Å². The van der Waals surface area contributed by atoms with E-state index in [1.807, 2.05) is 24.3 Å². The van der Waals surface area contributed by atoms with Crippen molar-refractivity contribution < 1.29 is 9.59 Å². The van der Waals surface area contributed by atoms with E-state index in [9.17, 15) is 9.59 Å². The van der Waals surface area contributed by atoms with Gasteiger partial charge in [0.05, 0.1) is 16.3 Å². The number of fused-ring (bicyclic) bond motifs is 1. The average molecular weight is 389 g/mol. The number of hydrogen-bond donors (Lipinski definition) is 2. The summed E-state index contributed by atoms with van der Waals surface area (Å²) in [6, 6.07) is 12.1. The van der Waals surface area contributed by atoms with E-state index in [-0.39, 0.29) is 11.6 Å². The zero-order valence-corrected chi connectivity index (χ0v) is 15.0. The molecular weight excluding hydrogens is 375 g/mol. The largest absolute Gasteiger partial charge is 0.368 e. The normalized spacial score (nSPS) is 11.2. The number of aromatic nitrogens is 1. The molecule has 0 aliphatic heterocycles. The molecule has 0 spiro atoms. The monoisotopic (exact) mass is 388 g/mol. The topological polar surface area (TPSA) is 89.5 Å². The molecule has 132 valence electrons. The summed E-state index contributed by atoms with van der Waals surface area (Å²) in [5.41, 5.74) is 9.66. The van der Waals surface area contributed by atoms with E-state index in [4.69, 9.17) is 28.9 Å². The number of benzene rings is 2. The molecule has 0 aliphatic carbocycles. The van der Waals surface area contributed by atoms with Crippen LogP contribution in [0.4, 0.5) is 0 Å². The number of hydrogen-bond acceptors (Lipinski definition) is 3. The van der Waals surface area contributed by atoms with E-state index >= 15 is 0 Å². The van der Waals surface area contributed by atoms with Gasteiger partial charge in [-0.15, -0.1) is 0 Å². The van der Waals surface area contributed by atoms with Crippen LogP contribution in [0.3, 0.4) is 0 Å². The van der Waals surface area contributed by atoms with Gasteiger partial charge in [0, 0.05) is 28.2 Å². The van der Waals surface area contributed by atoms with Crippen LogP contribution in [0.15, 0.2) is 53.8 Å². The molecule has 0 bridgehead atoms. The molecule has 6 nitrogen and oxygen atoms in total. The molecule has 0 fully saturated rings. The first-order valence-electron chi connectivity index (χ1n) is 7.60. The second kappa shape index (κ2) is 7.59. The highest BCUT2D eigenvalue weighted by Gasteiger charge is 2.09. The molecule has 0 aliphatic rings.